The minimum atomic E-state index is -1.27. The van der Waals surface area contributed by atoms with Gasteiger partial charge >= 0.3 is 5.97 Å². The number of hydrogen-bond donors (Lipinski definition) is 2. The minimum Gasteiger partial charge on any atom is -0.479 e. The van der Waals surface area contributed by atoms with Gasteiger partial charge in [-0.2, -0.15) is 5.10 Å². The molecule has 1 aromatic carbocycles. The summed E-state index contributed by atoms with van der Waals surface area (Å²) in [5.41, 5.74) is -0.218. The molecule has 1 saturated carbocycles. The van der Waals surface area contributed by atoms with E-state index >= 15 is 0 Å². The molecule has 0 saturated heterocycles. The summed E-state index contributed by atoms with van der Waals surface area (Å²) in [6.45, 7) is 4.56. The predicted molar refractivity (Wildman–Crippen MR) is 96.2 cm³/mol. The Labute approximate surface area is 154 Å². The van der Waals surface area contributed by atoms with Gasteiger partial charge in [0.25, 0.3) is 0 Å². The molecular weight excluding hydrogens is 386 g/mol. The van der Waals surface area contributed by atoms with Crippen molar-refractivity contribution in [3.63, 3.8) is 0 Å². The van der Waals surface area contributed by atoms with Gasteiger partial charge in [-0.15, -0.1) is 0 Å². The molecule has 7 heteroatoms. The van der Waals surface area contributed by atoms with Crippen molar-refractivity contribution in [2.45, 2.75) is 44.2 Å². The molecule has 6 nitrogen and oxygen atoms in total. The second-order valence-electron chi connectivity index (χ2n) is 6.66. The van der Waals surface area contributed by atoms with Crippen LogP contribution in [0.15, 0.2) is 41.1 Å². The molecule has 1 amide bonds. The molecule has 1 aliphatic rings. The summed E-state index contributed by atoms with van der Waals surface area (Å²) < 4.78 is 2.66. The van der Waals surface area contributed by atoms with Crippen molar-refractivity contribution in [2.75, 3.05) is 0 Å². The number of aliphatic carboxylic acids is 1. The van der Waals surface area contributed by atoms with Gasteiger partial charge in [-0.25, -0.2) is 4.79 Å². The fourth-order valence-corrected chi connectivity index (χ4v) is 3.60. The summed E-state index contributed by atoms with van der Waals surface area (Å²) in [5.74, 6) is -1.31. The van der Waals surface area contributed by atoms with Crippen molar-refractivity contribution in [1.29, 1.82) is 0 Å². The highest BCUT2D eigenvalue weighted by molar-refractivity contribution is 9.10. The Kier molecular flexibility index (Phi) is 4.45. The number of carbonyl (C=O) groups excluding carboxylic acids is 1. The summed E-state index contributed by atoms with van der Waals surface area (Å²) in [6.07, 6.45) is 3.92. The van der Waals surface area contributed by atoms with Crippen LogP contribution in [0.25, 0.3) is 0 Å². The molecule has 0 radical (unpaired) electrons. The number of aromatic nitrogens is 2. The monoisotopic (exact) mass is 405 g/mol. The topological polar surface area (TPSA) is 84.2 Å². The summed E-state index contributed by atoms with van der Waals surface area (Å²) in [6, 6.07) is 7.55. The number of halogens is 1. The molecule has 2 aromatic rings. The standard InChI is InChI=1S/C18H20BrN3O3/c1-3-22-10-12(9-20-22)8-15(23)21-18(16(24)25)11-17(18,2)13-4-6-14(19)7-5-13/h4-7,9-10H,3,8,11H2,1-2H3,(H,21,23)(H,24,25). The van der Waals surface area contributed by atoms with E-state index in [1.165, 1.54) is 0 Å². The maximum Gasteiger partial charge on any atom is 0.330 e. The van der Waals surface area contributed by atoms with Crippen molar-refractivity contribution >= 4 is 27.8 Å². The fourth-order valence-electron chi connectivity index (χ4n) is 3.34. The lowest BCUT2D eigenvalue weighted by atomic mass is 9.92. The lowest BCUT2D eigenvalue weighted by molar-refractivity contribution is -0.143. The highest BCUT2D eigenvalue weighted by Gasteiger charge is 2.71. The highest BCUT2D eigenvalue weighted by atomic mass is 79.9. The van der Waals surface area contributed by atoms with Crippen LogP contribution in [0.5, 0.6) is 0 Å². The Hall–Kier alpha value is -2.15. The van der Waals surface area contributed by atoms with E-state index in [2.05, 4.69) is 26.3 Å². The quantitative estimate of drug-likeness (QED) is 0.772. The number of carboxylic acids is 1. The van der Waals surface area contributed by atoms with E-state index in [-0.39, 0.29) is 12.3 Å². The van der Waals surface area contributed by atoms with Crippen LogP contribution < -0.4 is 5.32 Å². The maximum atomic E-state index is 12.4. The number of amides is 1. The van der Waals surface area contributed by atoms with Crippen LogP contribution >= 0.6 is 15.9 Å². The largest absolute Gasteiger partial charge is 0.479 e. The molecule has 2 unspecified atom stereocenters. The first-order chi connectivity index (χ1) is 11.8. The first kappa shape index (κ1) is 17.7. The van der Waals surface area contributed by atoms with Gasteiger partial charge < -0.3 is 10.4 Å². The summed E-state index contributed by atoms with van der Waals surface area (Å²) >= 11 is 3.38. The third-order valence-corrected chi connectivity index (χ3v) is 5.54. The molecule has 0 bridgehead atoms. The molecule has 1 aliphatic carbocycles. The Morgan fingerprint density at radius 1 is 1.36 bits per heavy atom. The number of benzene rings is 1. The van der Waals surface area contributed by atoms with Crippen molar-refractivity contribution in [3.05, 3.63) is 52.3 Å². The second kappa shape index (κ2) is 6.29. The van der Waals surface area contributed by atoms with E-state index < -0.39 is 16.9 Å². The Morgan fingerprint density at radius 3 is 2.60 bits per heavy atom. The third kappa shape index (κ3) is 3.08. The van der Waals surface area contributed by atoms with Gasteiger partial charge in [0.15, 0.2) is 0 Å². The van der Waals surface area contributed by atoms with Gasteiger partial charge in [0.05, 0.1) is 12.6 Å². The zero-order chi connectivity index (χ0) is 18.2. The first-order valence-electron chi connectivity index (χ1n) is 8.12. The van der Waals surface area contributed by atoms with E-state index in [0.29, 0.717) is 6.42 Å². The number of carbonyl (C=O) groups is 2. The lowest BCUT2D eigenvalue weighted by Gasteiger charge is -2.21. The molecule has 1 fully saturated rings. The smallest absolute Gasteiger partial charge is 0.330 e. The van der Waals surface area contributed by atoms with E-state index in [1.54, 1.807) is 17.1 Å². The van der Waals surface area contributed by atoms with Crippen LogP contribution in [0.1, 0.15) is 31.4 Å². The number of rotatable bonds is 6. The Morgan fingerprint density at radius 2 is 2.04 bits per heavy atom. The maximum absolute atomic E-state index is 12.4. The van der Waals surface area contributed by atoms with Crippen molar-refractivity contribution in [2.24, 2.45) is 0 Å². The third-order valence-electron chi connectivity index (χ3n) is 5.01. The Balaban J connectivity index is 1.77. The highest BCUT2D eigenvalue weighted by Crippen LogP contribution is 2.57. The molecule has 25 heavy (non-hydrogen) atoms. The van der Waals surface area contributed by atoms with Gasteiger partial charge in [0.2, 0.25) is 5.91 Å². The molecular formula is C18H20BrN3O3. The van der Waals surface area contributed by atoms with Gasteiger partial charge in [0.1, 0.15) is 5.54 Å². The molecule has 132 valence electrons. The van der Waals surface area contributed by atoms with E-state index in [0.717, 1.165) is 22.1 Å². The van der Waals surface area contributed by atoms with E-state index in [9.17, 15) is 14.7 Å². The van der Waals surface area contributed by atoms with Gasteiger partial charge in [-0.1, -0.05) is 35.0 Å². The zero-order valence-electron chi connectivity index (χ0n) is 14.1. The lowest BCUT2D eigenvalue weighted by Crippen LogP contribution is -2.48. The van der Waals surface area contributed by atoms with Crippen LogP contribution in [-0.2, 0) is 28.0 Å². The molecule has 0 aliphatic heterocycles. The molecule has 1 aromatic heterocycles. The van der Waals surface area contributed by atoms with Crippen LogP contribution in [0.3, 0.4) is 0 Å². The van der Waals surface area contributed by atoms with Crippen LogP contribution in [-0.4, -0.2) is 32.3 Å². The van der Waals surface area contributed by atoms with E-state index in [1.807, 2.05) is 38.1 Å². The summed E-state index contributed by atoms with van der Waals surface area (Å²) in [4.78, 5) is 24.4. The van der Waals surface area contributed by atoms with Crippen molar-refractivity contribution in [3.8, 4) is 0 Å². The first-order valence-corrected chi connectivity index (χ1v) is 8.92. The molecule has 2 N–H and O–H groups in total. The Bertz CT molecular complexity index is 817. The molecule has 0 spiro atoms. The molecule has 3 rings (SSSR count). The number of carboxylic acid groups (broad SMARTS) is 1. The molecule has 2 atom stereocenters. The average Bonchev–Trinajstić information content (AvgIpc) is 2.95. The van der Waals surface area contributed by atoms with Gasteiger partial charge in [0, 0.05) is 22.6 Å². The van der Waals surface area contributed by atoms with Gasteiger partial charge in [-0.05, 0) is 36.6 Å². The summed E-state index contributed by atoms with van der Waals surface area (Å²) in [5, 5.41) is 16.7. The zero-order valence-corrected chi connectivity index (χ0v) is 15.7. The molecule has 1 heterocycles. The predicted octanol–water partition coefficient (Wildman–Crippen LogP) is 2.51. The number of aryl methyl sites for hydroxylation is 1. The second-order valence-corrected chi connectivity index (χ2v) is 7.57. The SMILES string of the molecule is CCn1cc(CC(=O)NC2(C(=O)O)CC2(C)c2ccc(Br)cc2)cn1. The summed E-state index contributed by atoms with van der Waals surface area (Å²) in [7, 11) is 0. The van der Waals surface area contributed by atoms with Crippen LogP contribution in [0.4, 0.5) is 0 Å². The number of nitrogens with zero attached hydrogens (tertiary/aromatic N) is 2. The van der Waals surface area contributed by atoms with Crippen molar-refractivity contribution in [1.82, 2.24) is 15.1 Å². The minimum absolute atomic E-state index is 0.117. The van der Waals surface area contributed by atoms with Gasteiger partial charge in [-0.3, -0.25) is 9.48 Å². The van der Waals surface area contributed by atoms with Crippen LogP contribution in [0.2, 0.25) is 0 Å². The number of hydrogen-bond acceptors (Lipinski definition) is 3. The van der Waals surface area contributed by atoms with E-state index in [4.69, 9.17) is 0 Å². The normalized spacial score (nSPS) is 24.8. The average molecular weight is 406 g/mol. The van der Waals surface area contributed by atoms with Crippen LogP contribution in [0, 0.1) is 0 Å². The number of nitrogens with one attached hydrogen (secondary N) is 1. The van der Waals surface area contributed by atoms with Crippen molar-refractivity contribution < 1.29 is 14.7 Å². The fraction of sp³-hybridized carbons (Fsp3) is 0.389.